The molecule has 0 bridgehead atoms. The standard InChI is InChI=1S/C18H17N5OS/c24-18-22-21-17-6-13(7-20-14-8-19-9-14)15-2-1-11(5-16(15)23(17)18)12-3-4-25-10-12/h1-6,10,14,19-20H,7-9H2,(H,22,24). The van der Waals surface area contributed by atoms with E-state index in [0.717, 1.165) is 41.7 Å². The van der Waals surface area contributed by atoms with Crippen LogP contribution in [0.15, 0.2) is 45.9 Å². The lowest BCUT2D eigenvalue weighted by molar-refractivity contribution is 0.366. The van der Waals surface area contributed by atoms with Crippen molar-refractivity contribution in [1.29, 1.82) is 0 Å². The van der Waals surface area contributed by atoms with E-state index in [4.69, 9.17) is 0 Å². The van der Waals surface area contributed by atoms with E-state index < -0.39 is 0 Å². The average molecular weight is 351 g/mol. The molecule has 0 saturated carbocycles. The first-order valence-electron chi connectivity index (χ1n) is 8.29. The molecule has 1 aliphatic rings. The molecule has 1 aromatic carbocycles. The summed E-state index contributed by atoms with van der Waals surface area (Å²) in [5, 5.41) is 18.8. The monoisotopic (exact) mass is 351 g/mol. The van der Waals surface area contributed by atoms with Gasteiger partial charge in [0.2, 0.25) is 0 Å². The molecule has 1 fully saturated rings. The molecule has 0 radical (unpaired) electrons. The van der Waals surface area contributed by atoms with Gasteiger partial charge in [-0.05, 0) is 45.6 Å². The van der Waals surface area contributed by atoms with Gasteiger partial charge in [-0.3, -0.25) is 0 Å². The van der Waals surface area contributed by atoms with Gasteiger partial charge >= 0.3 is 5.69 Å². The van der Waals surface area contributed by atoms with Gasteiger partial charge in [-0.25, -0.2) is 14.3 Å². The normalized spacial score (nSPS) is 15.0. The van der Waals surface area contributed by atoms with Crippen molar-refractivity contribution in [3.05, 3.63) is 57.1 Å². The molecule has 1 aliphatic heterocycles. The van der Waals surface area contributed by atoms with Crippen LogP contribution < -0.4 is 16.3 Å². The summed E-state index contributed by atoms with van der Waals surface area (Å²) in [5.41, 5.74) is 4.78. The van der Waals surface area contributed by atoms with E-state index in [0.29, 0.717) is 11.7 Å². The quantitative estimate of drug-likeness (QED) is 0.525. The molecule has 0 amide bonds. The molecule has 25 heavy (non-hydrogen) atoms. The molecule has 7 heteroatoms. The largest absolute Gasteiger partial charge is 0.348 e. The van der Waals surface area contributed by atoms with Crippen molar-refractivity contribution in [2.24, 2.45) is 0 Å². The van der Waals surface area contributed by atoms with Crippen molar-refractivity contribution in [3.63, 3.8) is 0 Å². The minimum atomic E-state index is -0.204. The molecular formula is C18H17N5OS. The maximum Gasteiger partial charge on any atom is 0.348 e. The Hall–Kier alpha value is -2.48. The Balaban J connectivity index is 1.69. The van der Waals surface area contributed by atoms with Crippen LogP contribution in [0.1, 0.15) is 5.56 Å². The van der Waals surface area contributed by atoms with Crippen molar-refractivity contribution in [1.82, 2.24) is 25.2 Å². The molecule has 3 N–H and O–H groups in total. The van der Waals surface area contributed by atoms with E-state index in [1.165, 1.54) is 5.56 Å². The fraction of sp³-hybridized carbons (Fsp3) is 0.222. The summed E-state index contributed by atoms with van der Waals surface area (Å²) in [6, 6.07) is 10.9. The number of aromatic nitrogens is 3. The highest BCUT2D eigenvalue weighted by molar-refractivity contribution is 7.08. The maximum absolute atomic E-state index is 12.2. The van der Waals surface area contributed by atoms with Gasteiger partial charge in [0.25, 0.3) is 0 Å². The molecule has 4 heterocycles. The Morgan fingerprint density at radius 1 is 1.24 bits per heavy atom. The first-order valence-corrected chi connectivity index (χ1v) is 9.23. The number of nitrogens with zero attached hydrogens (tertiary/aromatic N) is 2. The number of fused-ring (bicyclic) bond motifs is 3. The number of thiophene rings is 1. The third-order valence-electron chi connectivity index (χ3n) is 4.80. The molecule has 4 aromatic rings. The molecule has 6 nitrogen and oxygen atoms in total. The van der Waals surface area contributed by atoms with Gasteiger partial charge in [0.05, 0.1) is 5.52 Å². The van der Waals surface area contributed by atoms with Gasteiger partial charge in [-0.1, -0.05) is 12.1 Å². The third kappa shape index (κ3) is 2.48. The number of hydrogen-bond acceptors (Lipinski definition) is 5. The van der Waals surface area contributed by atoms with Crippen molar-refractivity contribution in [3.8, 4) is 11.1 Å². The van der Waals surface area contributed by atoms with Crippen LogP contribution in [0.5, 0.6) is 0 Å². The highest BCUT2D eigenvalue weighted by Crippen LogP contribution is 2.28. The minimum Gasteiger partial charge on any atom is -0.314 e. The van der Waals surface area contributed by atoms with Gasteiger partial charge < -0.3 is 10.6 Å². The van der Waals surface area contributed by atoms with E-state index in [9.17, 15) is 4.79 Å². The highest BCUT2D eigenvalue weighted by atomic mass is 32.1. The summed E-state index contributed by atoms with van der Waals surface area (Å²) < 4.78 is 1.65. The summed E-state index contributed by atoms with van der Waals surface area (Å²) in [7, 11) is 0. The van der Waals surface area contributed by atoms with E-state index >= 15 is 0 Å². The Morgan fingerprint density at radius 3 is 2.92 bits per heavy atom. The Kier molecular flexibility index (Phi) is 3.44. The molecule has 1 saturated heterocycles. The first kappa shape index (κ1) is 14.8. The topological polar surface area (TPSA) is 74.2 Å². The van der Waals surface area contributed by atoms with Crippen LogP contribution in [0.3, 0.4) is 0 Å². The molecule has 5 rings (SSSR count). The van der Waals surface area contributed by atoms with Crippen molar-refractivity contribution < 1.29 is 0 Å². The number of benzene rings is 1. The Bertz CT molecular complexity index is 1110. The maximum atomic E-state index is 12.2. The van der Waals surface area contributed by atoms with Crippen LogP contribution in [-0.2, 0) is 6.54 Å². The third-order valence-corrected chi connectivity index (χ3v) is 5.49. The lowest BCUT2D eigenvalue weighted by Crippen LogP contribution is -2.55. The smallest absolute Gasteiger partial charge is 0.314 e. The van der Waals surface area contributed by atoms with Crippen molar-refractivity contribution in [2.75, 3.05) is 13.1 Å². The molecule has 0 aliphatic carbocycles. The molecule has 3 aromatic heterocycles. The zero-order chi connectivity index (χ0) is 16.8. The zero-order valence-electron chi connectivity index (χ0n) is 13.5. The number of aromatic amines is 1. The second kappa shape index (κ2) is 5.80. The fourth-order valence-electron chi connectivity index (χ4n) is 3.30. The molecule has 0 spiro atoms. The lowest BCUT2D eigenvalue weighted by Gasteiger charge is -2.28. The second-order valence-corrected chi connectivity index (χ2v) is 7.15. The predicted octanol–water partition coefficient (Wildman–Crippen LogP) is 1.97. The number of hydrogen-bond donors (Lipinski definition) is 3. The molecular weight excluding hydrogens is 334 g/mol. The van der Waals surface area contributed by atoms with Crippen LogP contribution >= 0.6 is 11.3 Å². The first-order chi connectivity index (χ1) is 12.3. The van der Waals surface area contributed by atoms with E-state index in [1.54, 1.807) is 15.7 Å². The summed E-state index contributed by atoms with van der Waals surface area (Å²) in [4.78, 5) is 12.2. The number of H-pyrrole nitrogens is 1. The number of rotatable bonds is 4. The number of nitrogens with one attached hydrogen (secondary N) is 3. The Morgan fingerprint density at radius 2 is 2.16 bits per heavy atom. The SMILES string of the molecule is O=c1[nH]nc2cc(CNC3CNC3)c3ccc(-c4ccsc4)cc3n12. The van der Waals surface area contributed by atoms with Crippen LogP contribution in [0, 0.1) is 0 Å². The van der Waals surface area contributed by atoms with Crippen molar-refractivity contribution >= 4 is 27.9 Å². The fourth-order valence-corrected chi connectivity index (χ4v) is 3.97. The summed E-state index contributed by atoms with van der Waals surface area (Å²) in [6.07, 6.45) is 0. The average Bonchev–Trinajstić information content (AvgIpc) is 3.23. The van der Waals surface area contributed by atoms with Crippen molar-refractivity contribution in [2.45, 2.75) is 12.6 Å². The van der Waals surface area contributed by atoms with Gasteiger partial charge in [-0.2, -0.15) is 16.4 Å². The zero-order valence-corrected chi connectivity index (χ0v) is 14.3. The van der Waals surface area contributed by atoms with Gasteiger partial charge in [0, 0.05) is 31.1 Å². The van der Waals surface area contributed by atoms with Crippen LogP contribution in [0.25, 0.3) is 27.7 Å². The predicted molar refractivity (Wildman–Crippen MR) is 100 cm³/mol. The Labute approximate surface area is 147 Å². The van der Waals surface area contributed by atoms with E-state index in [2.05, 4.69) is 55.9 Å². The molecule has 0 unspecified atom stereocenters. The van der Waals surface area contributed by atoms with Gasteiger partial charge in [0.15, 0.2) is 5.65 Å². The van der Waals surface area contributed by atoms with E-state index in [-0.39, 0.29) is 5.69 Å². The van der Waals surface area contributed by atoms with Gasteiger partial charge in [-0.15, -0.1) is 0 Å². The van der Waals surface area contributed by atoms with E-state index in [1.807, 2.05) is 6.07 Å². The van der Waals surface area contributed by atoms with Crippen LogP contribution in [0.2, 0.25) is 0 Å². The molecule has 126 valence electrons. The van der Waals surface area contributed by atoms with Crippen LogP contribution in [-0.4, -0.2) is 33.7 Å². The highest BCUT2D eigenvalue weighted by Gasteiger charge is 2.17. The lowest BCUT2D eigenvalue weighted by atomic mass is 10.0. The summed E-state index contributed by atoms with van der Waals surface area (Å²) in [5.74, 6) is 0. The molecule has 0 atom stereocenters. The minimum absolute atomic E-state index is 0.204. The van der Waals surface area contributed by atoms with Gasteiger partial charge in [0.1, 0.15) is 0 Å². The number of pyridine rings is 1. The second-order valence-electron chi connectivity index (χ2n) is 6.37. The summed E-state index contributed by atoms with van der Waals surface area (Å²) >= 11 is 1.67. The van der Waals surface area contributed by atoms with Crippen LogP contribution in [0.4, 0.5) is 0 Å². The summed E-state index contributed by atoms with van der Waals surface area (Å²) in [6.45, 7) is 2.77.